The highest BCUT2D eigenvalue weighted by Gasteiger charge is 2.25. The molecule has 0 saturated heterocycles. The van der Waals surface area contributed by atoms with Gasteiger partial charge in [0.15, 0.2) is 0 Å². The van der Waals surface area contributed by atoms with E-state index in [-0.39, 0.29) is 16.4 Å². The molecule has 0 aliphatic carbocycles. The van der Waals surface area contributed by atoms with E-state index >= 15 is 0 Å². The molecule has 0 radical (unpaired) electrons. The van der Waals surface area contributed by atoms with E-state index in [9.17, 15) is 18.0 Å². The smallest absolute Gasteiger partial charge is 0.336 e. The second kappa shape index (κ2) is 6.13. The summed E-state index contributed by atoms with van der Waals surface area (Å²) in [5, 5.41) is 9.94. The summed E-state index contributed by atoms with van der Waals surface area (Å²) < 4.78 is 30.4. The monoisotopic (exact) mass is 307 g/mol. The minimum atomic E-state index is -3.93. The van der Waals surface area contributed by atoms with Crippen molar-refractivity contribution >= 4 is 33.3 Å². The summed E-state index contributed by atoms with van der Waals surface area (Å²) >= 11 is 0.768. The van der Waals surface area contributed by atoms with Gasteiger partial charge in [0.2, 0.25) is 0 Å². The second-order valence-corrected chi connectivity index (χ2v) is 6.41. The summed E-state index contributed by atoms with van der Waals surface area (Å²) in [6, 6.07) is -0.00643. The Morgan fingerprint density at radius 2 is 2.16 bits per heavy atom. The summed E-state index contributed by atoms with van der Waals surface area (Å²) in [5.74, 6) is -1.91. The van der Waals surface area contributed by atoms with Gasteiger partial charge in [-0.3, -0.25) is 4.79 Å². The molecule has 9 heteroatoms. The summed E-state index contributed by atoms with van der Waals surface area (Å²) in [7, 11) is -3.93. The minimum Gasteiger partial charge on any atom is -0.478 e. The lowest BCUT2D eigenvalue weighted by Crippen LogP contribution is -2.39. The van der Waals surface area contributed by atoms with Gasteiger partial charge in [-0.15, -0.1) is 11.3 Å². The molecule has 7 nitrogen and oxygen atoms in total. The molecule has 1 unspecified atom stereocenters. The van der Waals surface area contributed by atoms with Crippen molar-refractivity contribution in [3.05, 3.63) is 17.0 Å². The number of esters is 1. The van der Waals surface area contributed by atoms with Crippen LogP contribution in [0.5, 0.6) is 0 Å². The first-order valence-corrected chi connectivity index (χ1v) is 7.65. The quantitative estimate of drug-likeness (QED) is 0.748. The molecule has 0 spiro atoms. The third-order valence-electron chi connectivity index (χ3n) is 2.06. The topological polar surface area (TPSA) is 110 Å². The van der Waals surface area contributed by atoms with Gasteiger partial charge in [0.25, 0.3) is 10.0 Å². The maximum absolute atomic E-state index is 11.9. The first-order chi connectivity index (χ1) is 8.77. The summed E-state index contributed by atoms with van der Waals surface area (Å²) in [4.78, 5) is 22.0. The number of aromatic carboxylic acids is 1. The van der Waals surface area contributed by atoms with E-state index in [4.69, 9.17) is 5.11 Å². The van der Waals surface area contributed by atoms with Crippen molar-refractivity contribution in [2.75, 3.05) is 6.61 Å². The van der Waals surface area contributed by atoms with Gasteiger partial charge in [0, 0.05) is 5.38 Å². The van der Waals surface area contributed by atoms with E-state index in [2.05, 4.69) is 9.46 Å². The largest absolute Gasteiger partial charge is 0.478 e. The highest BCUT2D eigenvalue weighted by Crippen LogP contribution is 2.20. The molecular weight excluding hydrogens is 294 g/mol. The molecule has 1 atom stereocenters. The molecule has 0 aromatic carbocycles. The number of carbonyl (C=O) groups excluding carboxylic acids is 1. The van der Waals surface area contributed by atoms with Gasteiger partial charge in [-0.05, 0) is 19.9 Å². The number of hydrogen-bond acceptors (Lipinski definition) is 6. The molecule has 1 heterocycles. The average Bonchev–Trinajstić information content (AvgIpc) is 2.78. The predicted molar refractivity (Wildman–Crippen MR) is 67.7 cm³/mol. The summed E-state index contributed by atoms with van der Waals surface area (Å²) in [6.07, 6.45) is 0. The van der Waals surface area contributed by atoms with Gasteiger partial charge in [-0.1, -0.05) is 0 Å². The maximum Gasteiger partial charge on any atom is 0.336 e. The molecule has 0 bridgehead atoms. The maximum atomic E-state index is 11.9. The molecule has 1 aromatic heterocycles. The minimum absolute atomic E-state index is 0.117. The van der Waals surface area contributed by atoms with Crippen LogP contribution < -0.4 is 4.72 Å². The Kier molecular flexibility index (Phi) is 5.04. The van der Waals surface area contributed by atoms with Gasteiger partial charge in [0.1, 0.15) is 10.3 Å². The Morgan fingerprint density at radius 1 is 1.53 bits per heavy atom. The third-order valence-corrected chi connectivity index (χ3v) is 5.04. The van der Waals surface area contributed by atoms with Crippen LogP contribution in [0, 0.1) is 0 Å². The van der Waals surface area contributed by atoms with Crippen molar-refractivity contribution in [1.29, 1.82) is 0 Å². The number of carbonyl (C=O) groups is 2. The number of carboxylic acid groups (broad SMARTS) is 1. The second-order valence-electron chi connectivity index (χ2n) is 3.55. The highest BCUT2D eigenvalue weighted by molar-refractivity contribution is 7.91. The standard InChI is InChI=1S/C10H13NO6S2/c1-3-17-10(14)6(2)11-19(15,16)8-4-7(5-18-8)9(12)13/h4-6,11H,3H2,1-2H3,(H,12,13). The normalized spacial score (nSPS) is 12.9. The lowest BCUT2D eigenvalue weighted by Gasteiger charge is -2.11. The van der Waals surface area contributed by atoms with Crippen LogP contribution in [0.2, 0.25) is 0 Å². The molecule has 1 rings (SSSR count). The van der Waals surface area contributed by atoms with Crippen molar-refractivity contribution < 1.29 is 27.9 Å². The molecular formula is C10H13NO6S2. The number of carboxylic acids is 1. The fraction of sp³-hybridized carbons (Fsp3) is 0.400. The molecule has 2 N–H and O–H groups in total. The molecule has 0 amide bonds. The lowest BCUT2D eigenvalue weighted by atomic mass is 10.4. The van der Waals surface area contributed by atoms with Crippen LogP contribution in [0.3, 0.4) is 0 Å². The van der Waals surface area contributed by atoms with Crippen molar-refractivity contribution in [3.63, 3.8) is 0 Å². The average molecular weight is 307 g/mol. The SMILES string of the molecule is CCOC(=O)C(C)NS(=O)(=O)c1cc(C(=O)O)cs1. The molecule has 0 saturated carbocycles. The fourth-order valence-corrected chi connectivity index (χ4v) is 3.54. The Labute approximate surface area is 114 Å². The Balaban J connectivity index is 2.86. The van der Waals surface area contributed by atoms with Crippen molar-refractivity contribution in [2.45, 2.75) is 24.1 Å². The van der Waals surface area contributed by atoms with E-state index in [0.29, 0.717) is 0 Å². The number of rotatable bonds is 6. The van der Waals surface area contributed by atoms with E-state index in [1.165, 1.54) is 12.3 Å². The summed E-state index contributed by atoms with van der Waals surface area (Å²) in [5.41, 5.74) is -0.117. The molecule has 19 heavy (non-hydrogen) atoms. The van der Waals surface area contributed by atoms with Crippen LogP contribution in [0.4, 0.5) is 0 Å². The van der Waals surface area contributed by atoms with Crippen molar-refractivity contribution in [3.8, 4) is 0 Å². The molecule has 0 aliphatic rings. The van der Waals surface area contributed by atoms with Gasteiger partial charge in [-0.2, -0.15) is 4.72 Å². The fourth-order valence-electron chi connectivity index (χ4n) is 1.18. The number of hydrogen-bond donors (Lipinski definition) is 2. The predicted octanol–water partition coefficient (Wildman–Crippen LogP) is 0.676. The van der Waals surface area contributed by atoms with Crippen LogP contribution in [-0.2, 0) is 19.6 Å². The van der Waals surface area contributed by atoms with Gasteiger partial charge >= 0.3 is 11.9 Å². The lowest BCUT2D eigenvalue weighted by molar-refractivity contribution is -0.144. The Bertz CT molecular complexity index is 577. The summed E-state index contributed by atoms with van der Waals surface area (Å²) in [6.45, 7) is 3.10. The first kappa shape index (κ1) is 15.6. The van der Waals surface area contributed by atoms with Crippen LogP contribution in [-0.4, -0.2) is 38.1 Å². The number of sulfonamides is 1. The van der Waals surface area contributed by atoms with Crippen LogP contribution in [0.1, 0.15) is 24.2 Å². The van der Waals surface area contributed by atoms with Crippen molar-refractivity contribution in [2.24, 2.45) is 0 Å². The zero-order valence-corrected chi connectivity index (χ0v) is 11.9. The zero-order chi connectivity index (χ0) is 14.6. The molecule has 0 fully saturated rings. The van der Waals surface area contributed by atoms with E-state index in [0.717, 1.165) is 17.4 Å². The third kappa shape index (κ3) is 4.01. The first-order valence-electron chi connectivity index (χ1n) is 5.28. The van der Waals surface area contributed by atoms with Gasteiger partial charge in [-0.25, -0.2) is 13.2 Å². The number of nitrogens with one attached hydrogen (secondary N) is 1. The van der Waals surface area contributed by atoms with Gasteiger partial charge < -0.3 is 9.84 Å². The van der Waals surface area contributed by atoms with Crippen LogP contribution >= 0.6 is 11.3 Å². The van der Waals surface area contributed by atoms with E-state index < -0.39 is 28.0 Å². The van der Waals surface area contributed by atoms with Gasteiger partial charge in [0.05, 0.1) is 12.2 Å². The Morgan fingerprint density at radius 3 is 2.63 bits per heavy atom. The number of ether oxygens (including phenoxy) is 1. The Hall–Kier alpha value is -1.45. The zero-order valence-electron chi connectivity index (χ0n) is 10.2. The molecule has 106 valence electrons. The molecule has 0 aliphatic heterocycles. The van der Waals surface area contributed by atoms with Crippen molar-refractivity contribution in [1.82, 2.24) is 4.72 Å². The van der Waals surface area contributed by atoms with E-state index in [1.807, 2.05) is 0 Å². The highest BCUT2D eigenvalue weighted by atomic mass is 32.2. The molecule has 1 aromatic rings. The number of thiophene rings is 1. The van der Waals surface area contributed by atoms with Crippen LogP contribution in [0.15, 0.2) is 15.7 Å². The van der Waals surface area contributed by atoms with Crippen LogP contribution in [0.25, 0.3) is 0 Å². The van der Waals surface area contributed by atoms with E-state index in [1.54, 1.807) is 6.92 Å².